The van der Waals surface area contributed by atoms with Gasteiger partial charge in [0.2, 0.25) is 5.95 Å². The van der Waals surface area contributed by atoms with Crippen molar-refractivity contribution in [2.75, 3.05) is 11.9 Å². The number of aromatic nitrogens is 2. The fraction of sp³-hybridized carbons (Fsp3) is 0.714. The summed E-state index contributed by atoms with van der Waals surface area (Å²) >= 11 is 0. The van der Waals surface area contributed by atoms with Crippen molar-refractivity contribution in [3.63, 3.8) is 0 Å². The molecule has 0 aromatic carbocycles. The van der Waals surface area contributed by atoms with Gasteiger partial charge >= 0.3 is 5.97 Å². The van der Waals surface area contributed by atoms with E-state index in [2.05, 4.69) is 37.7 Å². The van der Waals surface area contributed by atoms with E-state index in [4.69, 9.17) is 4.74 Å². The lowest BCUT2D eigenvalue weighted by atomic mass is 9.44. The number of aliphatic hydroxyl groups is 1. The van der Waals surface area contributed by atoms with Crippen molar-refractivity contribution in [2.24, 2.45) is 34.0 Å². The molecule has 1 unspecified atom stereocenters. The molecule has 0 amide bonds. The molecule has 8 atom stereocenters. The summed E-state index contributed by atoms with van der Waals surface area (Å²) in [6.07, 6.45) is 5.75. The second-order valence-corrected chi connectivity index (χ2v) is 12.2. The van der Waals surface area contributed by atoms with Crippen molar-refractivity contribution in [2.45, 2.75) is 85.0 Å². The van der Waals surface area contributed by atoms with Crippen LogP contribution in [0.15, 0.2) is 23.6 Å². The van der Waals surface area contributed by atoms with Gasteiger partial charge in [0.1, 0.15) is 17.5 Å². The molecule has 3 saturated carbocycles. The van der Waals surface area contributed by atoms with Crippen molar-refractivity contribution >= 4 is 17.7 Å². The topological polar surface area (TPSA) is 111 Å². The summed E-state index contributed by atoms with van der Waals surface area (Å²) in [5, 5.41) is 14.7. The third-order valence-corrected chi connectivity index (χ3v) is 10.7. The molecular weight excluding hydrogens is 458 g/mol. The number of anilines is 1. The Morgan fingerprint density at radius 1 is 1.31 bits per heavy atom. The molecule has 196 valence electrons. The number of ketones is 1. The van der Waals surface area contributed by atoms with Gasteiger partial charge in [-0.05, 0) is 49.4 Å². The molecule has 8 nitrogen and oxygen atoms in total. The van der Waals surface area contributed by atoms with Crippen LogP contribution >= 0.6 is 0 Å². The Balaban J connectivity index is 1.60. The standard InChI is InChI=1S/C28H39N3O5/c1-6-26(4)14-20(36-24(35)18-15-30-25-29-12-7-13-31(25)23(18)34)27(5)16(2)8-10-28(17(3)22(26)33)11-9-19(32)21(27)28/h6,15-17,20-22,33H,1,7-14H2,2-5H3,(H,29,30)/t16-,17+,20-,21?,22+,26-,27+,28+/m1/s1. The molecule has 1 aliphatic heterocycles. The molecule has 0 saturated heterocycles. The van der Waals surface area contributed by atoms with Crippen LogP contribution in [0.25, 0.3) is 0 Å². The molecule has 3 fully saturated rings. The minimum atomic E-state index is -0.732. The number of aliphatic hydroxyl groups excluding tert-OH is 1. The molecule has 2 N–H and O–H groups in total. The smallest absolute Gasteiger partial charge is 0.345 e. The molecule has 0 spiro atoms. The molecule has 2 bridgehead atoms. The molecule has 1 aromatic rings. The number of hydrogen-bond acceptors (Lipinski definition) is 7. The summed E-state index contributed by atoms with van der Waals surface area (Å²) in [5.74, 6) is -0.339. The Morgan fingerprint density at radius 3 is 2.78 bits per heavy atom. The highest BCUT2D eigenvalue weighted by molar-refractivity contribution is 5.89. The van der Waals surface area contributed by atoms with E-state index >= 15 is 0 Å². The Labute approximate surface area is 212 Å². The summed E-state index contributed by atoms with van der Waals surface area (Å²) < 4.78 is 7.73. The monoisotopic (exact) mass is 497 g/mol. The number of hydrogen-bond donors (Lipinski definition) is 2. The van der Waals surface area contributed by atoms with E-state index in [1.165, 1.54) is 10.8 Å². The Kier molecular flexibility index (Phi) is 5.97. The molecule has 4 aliphatic rings. The first-order chi connectivity index (χ1) is 17.0. The first-order valence-corrected chi connectivity index (χ1v) is 13.4. The van der Waals surface area contributed by atoms with Gasteiger partial charge in [0, 0.05) is 36.3 Å². The van der Waals surface area contributed by atoms with E-state index in [1.807, 2.05) is 6.92 Å². The molecule has 1 aromatic heterocycles. The highest BCUT2D eigenvalue weighted by atomic mass is 16.5. The zero-order valence-corrected chi connectivity index (χ0v) is 21.9. The van der Waals surface area contributed by atoms with Gasteiger partial charge in [-0.15, -0.1) is 6.58 Å². The quantitative estimate of drug-likeness (QED) is 0.485. The van der Waals surface area contributed by atoms with Crippen LogP contribution in [0.2, 0.25) is 0 Å². The lowest BCUT2D eigenvalue weighted by molar-refractivity contribution is -0.192. The Bertz CT molecular complexity index is 1160. The lowest BCUT2D eigenvalue weighted by Gasteiger charge is -2.61. The molecule has 2 heterocycles. The first kappa shape index (κ1) is 25.2. The van der Waals surface area contributed by atoms with E-state index in [-0.39, 0.29) is 34.5 Å². The van der Waals surface area contributed by atoms with Crippen molar-refractivity contribution in [3.8, 4) is 0 Å². The number of fused-ring (bicyclic) bond motifs is 1. The predicted molar refractivity (Wildman–Crippen MR) is 136 cm³/mol. The Morgan fingerprint density at radius 2 is 2.06 bits per heavy atom. The van der Waals surface area contributed by atoms with Gasteiger partial charge in [0.05, 0.1) is 12.3 Å². The van der Waals surface area contributed by atoms with Crippen molar-refractivity contribution in [3.05, 3.63) is 34.8 Å². The van der Waals surface area contributed by atoms with E-state index in [0.29, 0.717) is 25.3 Å². The normalized spacial score (nSPS) is 41.8. The highest BCUT2D eigenvalue weighted by Crippen LogP contribution is 2.68. The number of rotatable bonds is 3. The number of carbonyl (C=O) groups excluding carboxylic acids is 2. The van der Waals surface area contributed by atoms with Crippen LogP contribution in [0.3, 0.4) is 0 Å². The SMILES string of the molecule is C=C[C@]1(C)C[C@@H](OC(=O)c2cnc3n(c2=O)CCCN3)[C@@]2(C)C3C(=O)CC[C@@]3(CC[C@H]2C)[C@@H](C)[C@@H]1O. The second-order valence-electron chi connectivity index (χ2n) is 12.2. The number of esters is 1. The van der Waals surface area contributed by atoms with E-state index in [9.17, 15) is 19.5 Å². The summed E-state index contributed by atoms with van der Waals surface area (Å²) in [6.45, 7) is 13.5. The number of nitrogens with one attached hydrogen (secondary N) is 1. The van der Waals surface area contributed by atoms with Crippen molar-refractivity contribution in [1.82, 2.24) is 9.55 Å². The second kappa shape index (κ2) is 8.54. The Hall–Kier alpha value is -2.48. The van der Waals surface area contributed by atoms with Crippen LogP contribution in [-0.4, -0.2) is 45.2 Å². The van der Waals surface area contributed by atoms with Gasteiger partial charge in [-0.25, -0.2) is 9.78 Å². The summed E-state index contributed by atoms with van der Waals surface area (Å²) in [7, 11) is 0. The predicted octanol–water partition coefficient (Wildman–Crippen LogP) is 3.58. The number of nitrogens with zero attached hydrogens (tertiary/aromatic N) is 2. The maximum Gasteiger partial charge on any atom is 0.345 e. The van der Waals surface area contributed by atoms with Crippen LogP contribution in [0, 0.1) is 34.0 Å². The third-order valence-electron chi connectivity index (χ3n) is 10.7. The summed E-state index contributed by atoms with van der Waals surface area (Å²) in [6, 6.07) is 0. The molecule has 3 aliphatic carbocycles. The fourth-order valence-corrected chi connectivity index (χ4v) is 8.11. The number of Topliss-reactive ketones (excluding diaryl/α,β-unsaturated/α-hetero) is 1. The van der Waals surface area contributed by atoms with E-state index in [1.54, 1.807) is 6.08 Å². The van der Waals surface area contributed by atoms with Gasteiger partial charge in [-0.2, -0.15) is 0 Å². The highest BCUT2D eigenvalue weighted by Gasteiger charge is 2.68. The minimum Gasteiger partial charge on any atom is -0.458 e. The largest absolute Gasteiger partial charge is 0.458 e. The third kappa shape index (κ3) is 3.36. The minimum absolute atomic E-state index is 0.0950. The zero-order valence-electron chi connectivity index (χ0n) is 21.9. The van der Waals surface area contributed by atoms with Crippen molar-refractivity contribution < 1.29 is 19.4 Å². The fourth-order valence-electron chi connectivity index (χ4n) is 8.11. The lowest BCUT2D eigenvalue weighted by Crippen LogP contribution is -2.63. The van der Waals surface area contributed by atoms with Gasteiger partial charge in [0.25, 0.3) is 5.56 Å². The average molecular weight is 498 g/mol. The van der Waals surface area contributed by atoms with Crippen LogP contribution in [0.4, 0.5) is 5.95 Å². The van der Waals surface area contributed by atoms with Crippen molar-refractivity contribution in [1.29, 1.82) is 0 Å². The first-order valence-electron chi connectivity index (χ1n) is 13.4. The summed E-state index contributed by atoms with van der Waals surface area (Å²) in [5.41, 5.74) is -2.21. The number of ether oxygens (including phenoxy) is 1. The van der Waals surface area contributed by atoms with Gasteiger partial charge in [-0.1, -0.05) is 33.8 Å². The van der Waals surface area contributed by atoms with Crippen LogP contribution in [0.5, 0.6) is 0 Å². The van der Waals surface area contributed by atoms with E-state index < -0.39 is 34.6 Å². The van der Waals surface area contributed by atoms with Gasteiger partial charge in [0.15, 0.2) is 0 Å². The zero-order chi connectivity index (χ0) is 26.0. The molecule has 36 heavy (non-hydrogen) atoms. The maximum absolute atomic E-state index is 13.6. The van der Waals surface area contributed by atoms with Gasteiger partial charge in [-0.3, -0.25) is 14.2 Å². The number of carbonyl (C=O) groups is 2. The van der Waals surface area contributed by atoms with Gasteiger partial charge < -0.3 is 15.2 Å². The van der Waals surface area contributed by atoms with E-state index in [0.717, 1.165) is 32.2 Å². The summed E-state index contributed by atoms with van der Waals surface area (Å²) in [4.78, 5) is 44.6. The van der Waals surface area contributed by atoms with Crippen LogP contribution in [0.1, 0.15) is 76.6 Å². The maximum atomic E-state index is 13.6. The van der Waals surface area contributed by atoms with Crippen LogP contribution in [-0.2, 0) is 16.1 Å². The van der Waals surface area contributed by atoms with Crippen LogP contribution < -0.4 is 10.9 Å². The molecule has 8 heteroatoms. The molecule has 0 radical (unpaired) electrons. The average Bonchev–Trinajstić information content (AvgIpc) is 3.23. The molecule has 5 rings (SSSR count). The molecular formula is C28H39N3O5.